The average Bonchev–Trinajstić information content (AvgIpc) is 2.30. The molecule has 0 radical (unpaired) electrons. The Balaban J connectivity index is -0.000000479. The first-order chi connectivity index (χ1) is 9.14. The monoisotopic (exact) mass is 423 g/mol. The van der Waals surface area contributed by atoms with Crippen molar-refractivity contribution in [3.8, 4) is 0 Å². The Morgan fingerprint density at radius 2 is 1.14 bits per heavy atom. The van der Waals surface area contributed by atoms with Crippen LogP contribution in [0.2, 0.25) is 0 Å². The van der Waals surface area contributed by atoms with Crippen molar-refractivity contribution in [1.82, 2.24) is 0 Å². The summed E-state index contributed by atoms with van der Waals surface area (Å²) in [4.78, 5) is 0. The molecule has 0 aliphatic carbocycles. The maximum atomic E-state index is 4.49. The van der Waals surface area contributed by atoms with Crippen molar-refractivity contribution >= 4 is 22.8 Å². The first-order valence-electron chi connectivity index (χ1n) is 7.19. The predicted molar refractivity (Wildman–Crippen MR) is 102 cm³/mol. The molecule has 0 aromatic heterocycles. The molecule has 21 heavy (non-hydrogen) atoms. The van der Waals surface area contributed by atoms with Gasteiger partial charge in [0.1, 0.15) is 0 Å². The molecule has 0 N–H and O–H groups in total. The molecule has 0 aliphatic heterocycles. The van der Waals surface area contributed by atoms with E-state index < -0.39 is 7.92 Å². The van der Waals surface area contributed by atoms with Gasteiger partial charge in [0, 0.05) is 7.92 Å². The van der Waals surface area contributed by atoms with Crippen molar-refractivity contribution in [3.05, 3.63) is 37.8 Å². The normalized spacial score (nSPS) is 10.7. The Labute approximate surface area is 150 Å². The third-order valence-corrected chi connectivity index (χ3v) is 6.47. The standard InChI is InChI=1S/C14H23P.C3H8.CH3.ClH.Pd/c1-13(2,3)15(14(4,5)6)12-10-8-7-9-11-12;1-3-2;;;/h7-11H,1-6H3;3H2,1-2H3;1H3;1H;/q;;-1;;+2. The van der Waals surface area contributed by atoms with E-state index in [0.717, 1.165) is 0 Å². The zero-order valence-corrected chi connectivity index (χ0v) is 18.6. The molecule has 1 aromatic rings. The second kappa shape index (κ2) is 13.1. The van der Waals surface area contributed by atoms with Crippen LogP contribution in [0.1, 0.15) is 61.8 Å². The molecule has 0 fully saturated rings. The Kier molecular flexibility index (Phi) is 16.5. The first kappa shape index (κ1) is 26.5. The molecule has 0 saturated carbocycles. The van der Waals surface area contributed by atoms with E-state index in [0.29, 0.717) is 10.3 Å². The van der Waals surface area contributed by atoms with Crippen LogP contribution in [-0.4, -0.2) is 10.3 Å². The Morgan fingerprint density at radius 1 is 0.857 bits per heavy atom. The summed E-state index contributed by atoms with van der Waals surface area (Å²) < 4.78 is 0. The molecule has 1 aromatic carbocycles. The van der Waals surface area contributed by atoms with Crippen LogP contribution >= 0.6 is 17.5 Å². The van der Waals surface area contributed by atoms with Crippen molar-refractivity contribution in [2.24, 2.45) is 0 Å². The minimum atomic E-state index is -0.553. The van der Waals surface area contributed by atoms with Gasteiger partial charge in [-0.05, 0) is 53.7 Å². The second-order valence-electron chi connectivity index (χ2n) is 6.95. The van der Waals surface area contributed by atoms with E-state index in [2.05, 4.69) is 113 Å². The second-order valence-corrected chi connectivity index (χ2v) is 11.3. The zero-order chi connectivity index (χ0) is 16.4. The Bertz CT molecular complexity index is 311. The zero-order valence-electron chi connectivity index (χ0n) is 15.3. The van der Waals surface area contributed by atoms with Gasteiger partial charge >= 0.3 is 27.7 Å². The Hall–Kier alpha value is 0.602. The summed E-state index contributed by atoms with van der Waals surface area (Å²) in [6.07, 6.45) is 1.25. The topological polar surface area (TPSA) is 0 Å². The first-order valence-corrected chi connectivity index (χ1v) is 10.7. The van der Waals surface area contributed by atoms with Gasteiger partial charge in [-0.15, -0.1) is 0 Å². The van der Waals surface area contributed by atoms with Gasteiger partial charge in [0.05, 0.1) is 15.6 Å². The fourth-order valence-corrected chi connectivity index (χ4v) is 7.10. The summed E-state index contributed by atoms with van der Waals surface area (Å²) in [6.45, 7) is 18.5. The fraction of sp³-hybridized carbons (Fsp3) is 0.611. The van der Waals surface area contributed by atoms with Gasteiger partial charge in [-0.3, -0.25) is 0 Å². The number of benzene rings is 1. The van der Waals surface area contributed by atoms with Gasteiger partial charge < -0.3 is 7.43 Å². The molecule has 1 rings (SSSR count). The summed E-state index contributed by atoms with van der Waals surface area (Å²) >= 11 is 2.22. The van der Waals surface area contributed by atoms with Gasteiger partial charge in [-0.25, -0.2) is 0 Å². The maximum absolute atomic E-state index is 4.49. The van der Waals surface area contributed by atoms with Crippen LogP contribution in [0.4, 0.5) is 0 Å². The molecule has 0 aliphatic rings. The molecule has 0 unspecified atom stereocenters. The summed E-state index contributed by atoms with van der Waals surface area (Å²) in [6, 6.07) is 11.0. The fourth-order valence-electron chi connectivity index (χ4n) is 2.60. The van der Waals surface area contributed by atoms with Crippen molar-refractivity contribution in [1.29, 1.82) is 0 Å². The van der Waals surface area contributed by atoms with Crippen LogP contribution in [0, 0.1) is 7.43 Å². The SMILES string of the molecule is CC(C)(C)[PH+](c1ccccc1)C(C)(C)C.CCC.[CH3-].[Cl][Pd+]. The van der Waals surface area contributed by atoms with Crippen molar-refractivity contribution in [3.63, 3.8) is 0 Å². The van der Waals surface area contributed by atoms with Crippen LogP contribution < -0.4 is 5.30 Å². The molecule has 0 nitrogen and oxygen atoms in total. The van der Waals surface area contributed by atoms with Crippen LogP contribution in [0.25, 0.3) is 0 Å². The minimum absolute atomic E-state index is 0. The molecule has 128 valence electrons. The van der Waals surface area contributed by atoms with Gasteiger partial charge in [0.25, 0.3) is 0 Å². The van der Waals surface area contributed by atoms with Crippen molar-refractivity contribution in [2.75, 3.05) is 0 Å². The van der Waals surface area contributed by atoms with Crippen LogP contribution in [-0.2, 0) is 18.2 Å². The van der Waals surface area contributed by atoms with Crippen molar-refractivity contribution in [2.45, 2.75) is 72.1 Å². The van der Waals surface area contributed by atoms with E-state index in [1.807, 2.05) is 0 Å². The molecule has 0 atom stereocenters. The molecule has 3 heteroatoms. The summed E-state index contributed by atoms with van der Waals surface area (Å²) in [5.41, 5.74) is 0. The predicted octanol–water partition coefficient (Wildman–Crippen LogP) is 6.68. The third-order valence-electron chi connectivity index (χ3n) is 2.56. The molecule has 0 saturated heterocycles. The van der Waals surface area contributed by atoms with E-state index in [1.54, 1.807) is 5.30 Å². The van der Waals surface area contributed by atoms with Gasteiger partial charge in [0.2, 0.25) is 0 Å². The summed E-state index contributed by atoms with van der Waals surface area (Å²) in [5.74, 6) is 0. The number of halogens is 1. The number of rotatable bonds is 1. The molecular formula is C18H35ClPPd+. The van der Waals surface area contributed by atoms with E-state index >= 15 is 0 Å². The molecule has 0 amide bonds. The van der Waals surface area contributed by atoms with E-state index in [4.69, 9.17) is 0 Å². The molecule has 0 spiro atoms. The van der Waals surface area contributed by atoms with Gasteiger partial charge in [-0.1, -0.05) is 38.5 Å². The number of hydrogen-bond acceptors (Lipinski definition) is 0. The molecule has 0 bridgehead atoms. The summed E-state index contributed by atoms with van der Waals surface area (Å²) in [7, 11) is 3.94. The quantitative estimate of drug-likeness (QED) is 0.268. The third kappa shape index (κ3) is 11.8. The number of hydrogen-bond donors (Lipinski definition) is 0. The van der Waals surface area contributed by atoms with Crippen LogP contribution in [0.15, 0.2) is 30.3 Å². The van der Waals surface area contributed by atoms with Gasteiger partial charge in [-0.2, -0.15) is 0 Å². The van der Waals surface area contributed by atoms with E-state index in [1.165, 1.54) is 6.42 Å². The average molecular weight is 424 g/mol. The Morgan fingerprint density at radius 3 is 1.38 bits per heavy atom. The molecular weight excluding hydrogens is 389 g/mol. The van der Waals surface area contributed by atoms with Crippen LogP contribution in [0.3, 0.4) is 0 Å². The van der Waals surface area contributed by atoms with E-state index in [9.17, 15) is 0 Å². The molecule has 0 heterocycles. The van der Waals surface area contributed by atoms with E-state index in [-0.39, 0.29) is 7.43 Å². The van der Waals surface area contributed by atoms with Crippen molar-refractivity contribution < 1.29 is 18.2 Å². The van der Waals surface area contributed by atoms with Crippen LogP contribution in [0.5, 0.6) is 0 Å². The van der Waals surface area contributed by atoms with Gasteiger partial charge in [0.15, 0.2) is 0 Å². The summed E-state index contributed by atoms with van der Waals surface area (Å²) in [5, 5.41) is 2.37.